The van der Waals surface area contributed by atoms with Crippen molar-refractivity contribution in [1.29, 1.82) is 0 Å². The fourth-order valence-electron chi connectivity index (χ4n) is 1.43. The van der Waals surface area contributed by atoms with Gasteiger partial charge in [-0.25, -0.2) is 4.68 Å². The van der Waals surface area contributed by atoms with Gasteiger partial charge in [0.15, 0.2) is 0 Å². The molecule has 0 atom stereocenters. The molecule has 82 valence electrons. The number of nitro groups is 1. The first-order chi connectivity index (χ1) is 7.72. The molecule has 0 saturated carbocycles. The van der Waals surface area contributed by atoms with Crippen molar-refractivity contribution in [1.82, 2.24) is 9.78 Å². The normalized spacial score (nSPS) is 10.3. The molecule has 0 aliphatic rings. The number of non-ortho nitro benzene ring substituents is 1. The molecule has 2 rings (SSSR count). The minimum atomic E-state index is -0.442. The number of nitrogens with zero attached hydrogens (tertiary/aromatic N) is 3. The van der Waals surface area contributed by atoms with Crippen LogP contribution in [0, 0.1) is 10.1 Å². The van der Waals surface area contributed by atoms with Gasteiger partial charge in [-0.3, -0.25) is 10.1 Å². The quantitative estimate of drug-likeness (QED) is 0.468. The zero-order valence-corrected chi connectivity index (χ0v) is 8.96. The van der Waals surface area contributed by atoms with Crippen LogP contribution in [0.15, 0.2) is 36.7 Å². The average molecular weight is 238 g/mol. The summed E-state index contributed by atoms with van der Waals surface area (Å²) in [4.78, 5) is 10.2. The number of aromatic nitrogens is 2. The van der Waals surface area contributed by atoms with Crippen LogP contribution in [-0.2, 0) is 5.88 Å². The lowest BCUT2D eigenvalue weighted by molar-refractivity contribution is -0.384. The number of rotatable bonds is 3. The van der Waals surface area contributed by atoms with Gasteiger partial charge in [-0.05, 0) is 17.7 Å². The molecular formula is C10H8ClN3O2. The van der Waals surface area contributed by atoms with E-state index >= 15 is 0 Å². The van der Waals surface area contributed by atoms with Crippen LogP contribution in [0.1, 0.15) is 5.56 Å². The van der Waals surface area contributed by atoms with Crippen LogP contribution in [0.25, 0.3) is 5.69 Å². The van der Waals surface area contributed by atoms with Gasteiger partial charge in [0, 0.05) is 30.4 Å². The Morgan fingerprint density at radius 1 is 1.50 bits per heavy atom. The van der Waals surface area contributed by atoms with Crippen molar-refractivity contribution >= 4 is 17.3 Å². The average Bonchev–Trinajstić information content (AvgIpc) is 2.81. The van der Waals surface area contributed by atoms with Gasteiger partial charge in [-0.1, -0.05) is 0 Å². The lowest BCUT2D eigenvalue weighted by Crippen LogP contribution is -2.00. The second kappa shape index (κ2) is 4.32. The van der Waals surface area contributed by atoms with E-state index in [2.05, 4.69) is 5.10 Å². The Morgan fingerprint density at radius 2 is 2.31 bits per heavy atom. The zero-order valence-electron chi connectivity index (χ0n) is 8.21. The van der Waals surface area contributed by atoms with Crippen LogP contribution in [0.5, 0.6) is 0 Å². The van der Waals surface area contributed by atoms with Crippen LogP contribution < -0.4 is 0 Å². The van der Waals surface area contributed by atoms with Crippen LogP contribution in [0.3, 0.4) is 0 Å². The van der Waals surface area contributed by atoms with Crippen molar-refractivity contribution in [3.8, 4) is 5.69 Å². The maximum absolute atomic E-state index is 10.6. The van der Waals surface area contributed by atoms with Gasteiger partial charge in [-0.2, -0.15) is 5.10 Å². The number of alkyl halides is 1. The molecule has 16 heavy (non-hydrogen) atoms. The summed E-state index contributed by atoms with van der Waals surface area (Å²) in [5.74, 6) is 0.205. The number of hydrogen-bond acceptors (Lipinski definition) is 3. The number of benzene rings is 1. The maximum Gasteiger partial charge on any atom is 0.269 e. The Hall–Kier alpha value is -1.88. The van der Waals surface area contributed by atoms with Crippen LogP contribution in [0.4, 0.5) is 5.69 Å². The topological polar surface area (TPSA) is 61.0 Å². The Bertz CT molecular complexity index is 511. The third-order valence-electron chi connectivity index (χ3n) is 2.17. The summed E-state index contributed by atoms with van der Waals surface area (Å²) in [6, 6.07) is 6.32. The molecule has 1 aromatic carbocycles. The molecule has 1 heterocycles. The Morgan fingerprint density at radius 3 is 2.88 bits per heavy atom. The molecule has 2 aromatic rings. The molecule has 0 N–H and O–H groups in total. The second-order valence-electron chi connectivity index (χ2n) is 3.15. The molecule has 0 unspecified atom stereocenters. The Balaban J connectivity index is 2.51. The van der Waals surface area contributed by atoms with Gasteiger partial charge in [-0.15, -0.1) is 11.6 Å². The fraction of sp³-hybridized carbons (Fsp3) is 0.100. The van der Waals surface area contributed by atoms with Gasteiger partial charge in [0.1, 0.15) is 0 Å². The van der Waals surface area contributed by atoms with E-state index in [-0.39, 0.29) is 11.6 Å². The predicted octanol–water partition coefficient (Wildman–Crippen LogP) is 2.52. The lowest BCUT2D eigenvalue weighted by Gasteiger charge is -2.06. The molecule has 0 fully saturated rings. The molecule has 1 aromatic heterocycles. The van der Waals surface area contributed by atoms with E-state index in [0.717, 1.165) is 5.69 Å². The first kappa shape index (κ1) is 10.6. The van der Waals surface area contributed by atoms with Crippen molar-refractivity contribution in [3.63, 3.8) is 0 Å². The molecule has 5 nitrogen and oxygen atoms in total. The van der Waals surface area contributed by atoms with Crippen molar-refractivity contribution < 1.29 is 4.92 Å². The summed E-state index contributed by atoms with van der Waals surface area (Å²) in [6.45, 7) is 0. The van der Waals surface area contributed by atoms with Crippen LogP contribution in [0.2, 0.25) is 0 Å². The van der Waals surface area contributed by atoms with E-state index in [9.17, 15) is 10.1 Å². The van der Waals surface area contributed by atoms with E-state index in [1.54, 1.807) is 29.2 Å². The molecule has 0 saturated heterocycles. The van der Waals surface area contributed by atoms with Gasteiger partial charge >= 0.3 is 0 Å². The summed E-state index contributed by atoms with van der Waals surface area (Å²) < 4.78 is 1.63. The summed E-state index contributed by atoms with van der Waals surface area (Å²) in [6.07, 6.45) is 3.40. The van der Waals surface area contributed by atoms with Crippen molar-refractivity contribution in [3.05, 3.63) is 52.3 Å². The van der Waals surface area contributed by atoms with Gasteiger partial charge in [0.25, 0.3) is 5.69 Å². The lowest BCUT2D eigenvalue weighted by atomic mass is 10.2. The Labute approximate surface area is 96.4 Å². The van der Waals surface area contributed by atoms with E-state index in [0.29, 0.717) is 5.56 Å². The third kappa shape index (κ3) is 1.90. The molecular weight excluding hydrogens is 230 g/mol. The highest BCUT2D eigenvalue weighted by Gasteiger charge is 2.11. The first-order valence-electron chi connectivity index (χ1n) is 4.55. The van der Waals surface area contributed by atoms with Crippen LogP contribution >= 0.6 is 11.6 Å². The summed E-state index contributed by atoms with van der Waals surface area (Å²) in [7, 11) is 0. The SMILES string of the molecule is O=[N+]([O-])c1ccc(-n2cccn2)c(CCl)c1. The molecule has 0 spiro atoms. The minimum absolute atomic E-state index is 0.0338. The number of halogens is 1. The highest BCUT2D eigenvalue weighted by Crippen LogP contribution is 2.22. The summed E-state index contributed by atoms with van der Waals surface area (Å²) in [5.41, 5.74) is 1.47. The van der Waals surface area contributed by atoms with E-state index < -0.39 is 4.92 Å². The summed E-state index contributed by atoms with van der Waals surface area (Å²) in [5, 5.41) is 14.7. The highest BCUT2D eigenvalue weighted by atomic mass is 35.5. The summed E-state index contributed by atoms with van der Waals surface area (Å²) >= 11 is 5.76. The zero-order chi connectivity index (χ0) is 11.5. The van der Waals surface area contributed by atoms with Crippen molar-refractivity contribution in [2.45, 2.75) is 5.88 Å². The maximum atomic E-state index is 10.6. The largest absolute Gasteiger partial charge is 0.269 e. The van der Waals surface area contributed by atoms with Gasteiger partial charge in [0.2, 0.25) is 0 Å². The van der Waals surface area contributed by atoms with E-state index in [1.807, 2.05) is 0 Å². The first-order valence-corrected chi connectivity index (χ1v) is 5.09. The second-order valence-corrected chi connectivity index (χ2v) is 3.42. The van der Waals surface area contributed by atoms with Crippen molar-refractivity contribution in [2.75, 3.05) is 0 Å². The van der Waals surface area contributed by atoms with Gasteiger partial charge < -0.3 is 0 Å². The third-order valence-corrected chi connectivity index (χ3v) is 2.46. The standard InChI is InChI=1S/C10H8ClN3O2/c11-7-8-6-9(14(15)16)2-3-10(8)13-5-1-4-12-13/h1-6H,7H2. The molecule has 0 amide bonds. The minimum Gasteiger partial charge on any atom is -0.258 e. The molecule has 0 bridgehead atoms. The van der Waals surface area contributed by atoms with Crippen molar-refractivity contribution in [2.24, 2.45) is 0 Å². The molecule has 6 heteroatoms. The molecule has 0 radical (unpaired) electrons. The molecule has 0 aliphatic carbocycles. The van der Waals surface area contributed by atoms with E-state index in [1.165, 1.54) is 12.1 Å². The Kier molecular flexibility index (Phi) is 2.87. The van der Waals surface area contributed by atoms with E-state index in [4.69, 9.17) is 11.6 Å². The fourth-order valence-corrected chi connectivity index (χ4v) is 1.64. The number of nitro benzene ring substituents is 1. The van der Waals surface area contributed by atoms with Crippen LogP contribution in [-0.4, -0.2) is 14.7 Å². The predicted molar refractivity (Wildman–Crippen MR) is 59.8 cm³/mol. The monoisotopic (exact) mass is 237 g/mol. The highest BCUT2D eigenvalue weighted by molar-refractivity contribution is 6.17. The smallest absolute Gasteiger partial charge is 0.258 e. The van der Waals surface area contributed by atoms with Gasteiger partial charge in [0.05, 0.1) is 10.6 Å². The number of hydrogen-bond donors (Lipinski definition) is 0. The molecule has 0 aliphatic heterocycles.